The summed E-state index contributed by atoms with van der Waals surface area (Å²) in [6.07, 6.45) is 1.91. The summed E-state index contributed by atoms with van der Waals surface area (Å²) in [4.78, 5) is 4.82. The van der Waals surface area contributed by atoms with Crippen LogP contribution in [0.5, 0.6) is 0 Å². The Balaban J connectivity index is 1.22. The van der Waals surface area contributed by atoms with Crippen molar-refractivity contribution in [1.82, 2.24) is 4.98 Å². The molecule has 2 heteroatoms. The third-order valence-corrected chi connectivity index (χ3v) is 10.9. The maximum absolute atomic E-state index is 6.68. The number of nitrogens with zero attached hydrogens (tertiary/aromatic N) is 1. The van der Waals surface area contributed by atoms with Crippen molar-refractivity contribution in [3.05, 3.63) is 188 Å². The summed E-state index contributed by atoms with van der Waals surface area (Å²) in [5.41, 5.74) is 10.9. The molecule has 9 aromatic carbocycles. The topological polar surface area (TPSA) is 26.0 Å². The number of furan rings is 1. The molecular formula is C51H31NO. The van der Waals surface area contributed by atoms with E-state index in [9.17, 15) is 0 Å². The number of benzene rings is 9. The van der Waals surface area contributed by atoms with Crippen LogP contribution in [-0.4, -0.2) is 4.98 Å². The van der Waals surface area contributed by atoms with E-state index >= 15 is 0 Å². The SMILES string of the molecule is c1ccc(-c2cnc3oc4c(-c5c6ccccc6c(-c6ccc(-c7ccccc7)c7c6ccc6ccccc67)c6ccccc56)cccc4c3c2)cc1. The van der Waals surface area contributed by atoms with Gasteiger partial charge in [-0.2, -0.15) is 0 Å². The second-order valence-corrected chi connectivity index (χ2v) is 13.8. The molecule has 0 saturated carbocycles. The van der Waals surface area contributed by atoms with Gasteiger partial charge in [-0.1, -0.05) is 176 Å². The number of fused-ring (bicyclic) bond motifs is 8. The quantitative estimate of drug-likeness (QED) is 0.137. The van der Waals surface area contributed by atoms with E-state index in [0.717, 1.165) is 33.0 Å². The highest BCUT2D eigenvalue weighted by molar-refractivity contribution is 6.27. The van der Waals surface area contributed by atoms with Gasteiger partial charge in [0.1, 0.15) is 5.58 Å². The van der Waals surface area contributed by atoms with Crippen LogP contribution >= 0.6 is 0 Å². The number of para-hydroxylation sites is 1. The summed E-state index contributed by atoms with van der Waals surface area (Å²) in [7, 11) is 0. The fourth-order valence-corrected chi connectivity index (χ4v) is 8.58. The molecule has 0 amide bonds. The number of rotatable bonds is 4. The van der Waals surface area contributed by atoms with Gasteiger partial charge >= 0.3 is 0 Å². The molecule has 0 saturated heterocycles. The van der Waals surface area contributed by atoms with Gasteiger partial charge in [0.2, 0.25) is 5.71 Å². The fourth-order valence-electron chi connectivity index (χ4n) is 8.58. The molecule has 0 bridgehead atoms. The van der Waals surface area contributed by atoms with E-state index in [-0.39, 0.29) is 0 Å². The Morgan fingerprint density at radius 1 is 0.340 bits per heavy atom. The molecule has 2 aromatic heterocycles. The highest BCUT2D eigenvalue weighted by atomic mass is 16.3. The first-order valence-corrected chi connectivity index (χ1v) is 18.1. The zero-order chi connectivity index (χ0) is 34.9. The summed E-state index contributed by atoms with van der Waals surface area (Å²) in [5, 5.41) is 11.9. The van der Waals surface area contributed by atoms with Crippen LogP contribution in [0.3, 0.4) is 0 Å². The van der Waals surface area contributed by atoms with E-state index in [1.165, 1.54) is 70.9 Å². The normalized spacial score (nSPS) is 11.8. The van der Waals surface area contributed by atoms with Crippen molar-refractivity contribution in [2.24, 2.45) is 0 Å². The molecule has 0 radical (unpaired) electrons. The van der Waals surface area contributed by atoms with Crippen LogP contribution in [0.25, 0.3) is 110 Å². The predicted molar refractivity (Wildman–Crippen MR) is 223 cm³/mol. The molecule has 11 rings (SSSR count). The Hall–Kier alpha value is -7.03. The van der Waals surface area contributed by atoms with Crippen molar-refractivity contribution in [2.45, 2.75) is 0 Å². The Kier molecular flexibility index (Phi) is 6.59. The van der Waals surface area contributed by atoms with Gasteiger partial charge in [-0.3, -0.25) is 0 Å². The Morgan fingerprint density at radius 2 is 0.906 bits per heavy atom. The molecule has 0 unspecified atom stereocenters. The first kappa shape index (κ1) is 29.7. The Bertz CT molecular complexity index is 3160. The lowest BCUT2D eigenvalue weighted by molar-refractivity contribution is 0.655. The van der Waals surface area contributed by atoms with E-state index < -0.39 is 0 Å². The minimum Gasteiger partial charge on any atom is -0.437 e. The van der Waals surface area contributed by atoms with Crippen LogP contribution in [0.1, 0.15) is 0 Å². The first-order chi connectivity index (χ1) is 26.3. The van der Waals surface area contributed by atoms with Crippen molar-refractivity contribution in [1.29, 1.82) is 0 Å². The second-order valence-electron chi connectivity index (χ2n) is 13.8. The van der Waals surface area contributed by atoms with Crippen LogP contribution < -0.4 is 0 Å². The summed E-state index contributed by atoms with van der Waals surface area (Å²) in [6.45, 7) is 0. The molecule has 0 spiro atoms. The maximum atomic E-state index is 6.68. The number of hydrogen-bond donors (Lipinski definition) is 0. The van der Waals surface area contributed by atoms with Crippen molar-refractivity contribution in [2.75, 3.05) is 0 Å². The molecule has 2 heterocycles. The maximum Gasteiger partial charge on any atom is 0.227 e. The van der Waals surface area contributed by atoms with Gasteiger partial charge in [-0.05, 0) is 77.0 Å². The molecule has 11 aromatic rings. The van der Waals surface area contributed by atoms with Crippen LogP contribution in [0.4, 0.5) is 0 Å². The fraction of sp³-hybridized carbons (Fsp3) is 0. The van der Waals surface area contributed by atoms with Crippen LogP contribution in [0.15, 0.2) is 193 Å². The lowest BCUT2D eigenvalue weighted by Crippen LogP contribution is -1.93. The van der Waals surface area contributed by atoms with Gasteiger partial charge in [-0.25, -0.2) is 4.98 Å². The van der Waals surface area contributed by atoms with E-state index in [1.807, 2.05) is 12.3 Å². The number of hydrogen-bond acceptors (Lipinski definition) is 2. The zero-order valence-corrected chi connectivity index (χ0v) is 28.8. The molecule has 0 aliphatic heterocycles. The summed E-state index contributed by atoms with van der Waals surface area (Å²) < 4.78 is 6.68. The molecular weight excluding hydrogens is 643 g/mol. The van der Waals surface area contributed by atoms with Crippen molar-refractivity contribution in [3.63, 3.8) is 0 Å². The number of aromatic nitrogens is 1. The predicted octanol–water partition coefficient (Wildman–Crippen LogP) is 14.3. The summed E-state index contributed by atoms with van der Waals surface area (Å²) in [6, 6.07) is 65.6. The van der Waals surface area contributed by atoms with Gasteiger partial charge in [0.25, 0.3) is 0 Å². The minimum atomic E-state index is 0.648. The van der Waals surface area contributed by atoms with E-state index in [1.54, 1.807) is 0 Å². The van der Waals surface area contributed by atoms with Gasteiger partial charge in [0.05, 0.1) is 0 Å². The Labute approximate surface area is 306 Å². The molecule has 246 valence electrons. The van der Waals surface area contributed by atoms with Crippen LogP contribution in [0, 0.1) is 0 Å². The highest BCUT2D eigenvalue weighted by Gasteiger charge is 2.22. The third kappa shape index (κ3) is 4.56. The highest BCUT2D eigenvalue weighted by Crippen LogP contribution is 2.49. The lowest BCUT2D eigenvalue weighted by Gasteiger charge is -2.20. The standard InChI is InChI=1S/C51H31NO/c1-3-14-32(15-4-1)35-30-46-44-24-13-25-45(50(44)53-51(46)52-31-35)49-40-22-11-9-20-38(40)48(39-21-10-12-23-41(39)49)43-29-28-37(33-16-5-2-6-17-33)47-36-19-8-7-18-34(36)26-27-42(43)47/h1-31H. The Morgan fingerprint density at radius 3 is 1.60 bits per heavy atom. The van der Waals surface area contributed by atoms with Crippen molar-refractivity contribution < 1.29 is 4.42 Å². The van der Waals surface area contributed by atoms with E-state index in [4.69, 9.17) is 9.40 Å². The van der Waals surface area contributed by atoms with Gasteiger partial charge in [0.15, 0.2) is 0 Å². The van der Waals surface area contributed by atoms with Gasteiger partial charge in [-0.15, -0.1) is 0 Å². The molecule has 0 aliphatic carbocycles. The molecule has 0 fully saturated rings. The van der Waals surface area contributed by atoms with Gasteiger partial charge in [0, 0.05) is 33.7 Å². The molecule has 2 nitrogen and oxygen atoms in total. The smallest absolute Gasteiger partial charge is 0.227 e. The van der Waals surface area contributed by atoms with Crippen molar-refractivity contribution >= 4 is 65.2 Å². The molecule has 0 atom stereocenters. The first-order valence-electron chi connectivity index (χ1n) is 18.1. The molecule has 0 aliphatic rings. The minimum absolute atomic E-state index is 0.648. The number of pyridine rings is 1. The van der Waals surface area contributed by atoms with E-state index in [0.29, 0.717) is 5.71 Å². The largest absolute Gasteiger partial charge is 0.437 e. The zero-order valence-electron chi connectivity index (χ0n) is 28.8. The van der Waals surface area contributed by atoms with Gasteiger partial charge < -0.3 is 4.42 Å². The van der Waals surface area contributed by atoms with Crippen molar-refractivity contribution in [3.8, 4) is 44.5 Å². The lowest BCUT2D eigenvalue weighted by atomic mass is 9.83. The second kappa shape index (κ2) is 11.8. The molecule has 53 heavy (non-hydrogen) atoms. The summed E-state index contributed by atoms with van der Waals surface area (Å²) >= 11 is 0. The monoisotopic (exact) mass is 673 g/mol. The third-order valence-electron chi connectivity index (χ3n) is 10.9. The van der Waals surface area contributed by atoms with Crippen LogP contribution in [-0.2, 0) is 0 Å². The van der Waals surface area contributed by atoms with Crippen LogP contribution in [0.2, 0.25) is 0 Å². The average Bonchev–Trinajstić information content (AvgIpc) is 3.61. The molecule has 0 N–H and O–H groups in total. The average molecular weight is 674 g/mol. The van der Waals surface area contributed by atoms with E-state index in [2.05, 4.69) is 176 Å². The summed E-state index contributed by atoms with van der Waals surface area (Å²) in [5.74, 6) is 0.